The summed E-state index contributed by atoms with van der Waals surface area (Å²) in [5, 5.41) is 10.6. The monoisotopic (exact) mass is 271 g/mol. The summed E-state index contributed by atoms with van der Waals surface area (Å²) in [5.74, 6) is 6.97. The van der Waals surface area contributed by atoms with E-state index in [1.165, 1.54) is 12.1 Å². The lowest BCUT2D eigenvalue weighted by Crippen LogP contribution is -2.10. The average molecular weight is 271 g/mol. The third-order valence-electron chi connectivity index (χ3n) is 3.23. The summed E-state index contributed by atoms with van der Waals surface area (Å²) < 4.78 is 0. The topological polar surface area (TPSA) is 107 Å². The Bertz CT molecular complexity index is 652. The summed E-state index contributed by atoms with van der Waals surface area (Å²) in [5.41, 5.74) is 4.27. The predicted octanol–water partition coefficient (Wildman–Crippen LogP) is 2.21. The number of nitrogens with two attached hydrogens (primary N) is 1. The normalized spacial score (nSPS) is 14.1. The van der Waals surface area contributed by atoms with Gasteiger partial charge in [0.15, 0.2) is 5.82 Å². The SMILES string of the molecule is NNc1cc(C2CC2)nc(-c2ccc([N+](=O)[O-])cc2)n1. The van der Waals surface area contributed by atoms with Crippen molar-refractivity contribution in [3.05, 3.63) is 46.1 Å². The highest BCUT2D eigenvalue weighted by Gasteiger charge is 2.26. The van der Waals surface area contributed by atoms with Crippen molar-refractivity contribution in [1.82, 2.24) is 9.97 Å². The number of nitrogen functional groups attached to an aromatic ring is 1. The lowest BCUT2D eigenvalue weighted by molar-refractivity contribution is -0.384. The number of nitrogens with zero attached hydrogens (tertiary/aromatic N) is 3. The molecule has 1 aromatic heterocycles. The first-order valence-electron chi connectivity index (χ1n) is 6.28. The molecular weight excluding hydrogens is 258 g/mol. The first-order valence-corrected chi connectivity index (χ1v) is 6.28. The lowest BCUT2D eigenvalue weighted by Gasteiger charge is -2.07. The molecule has 2 aromatic rings. The van der Waals surface area contributed by atoms with Crippen LogP contribution in [0.3, 0.4) is 0 Å². The largest absolute Gasteiger partial charge is 0.308 e. The first-order chi connectivity index (χ1) is 9.67. The van der Waals surface area contributed by atoms with Gasteiger partial charge in [-0.1, -0.05) is 0 Å². The molecule has 1 fully saturated rings. The molecule has 0 amide bonds. The minimum Gasteiger partial charge on any atom is -0.308 e. The van der Waals surface area contributed by atoms with Crippen LogP contribution in [0.4, 0.5) is 11.5 Å². The van der Waals surface area contributed by atoms with Gasteiger partial charge >= 0.3 is 0 Å². The van der Waals surface area contributed by atoms with Gasteiger partial charge in [-0.3, -0.25) is 10.1 Å². The van der Waals surface area contributed by atoms with Gasteiger partial charge < -0.3 is 5.43 Å². The van der Waals surface area contributed by atoms with Crippen LogP contribution in [0, 0.1) is 10.1 Å². The van der Waals surface area contributed by atoms with Crippen molar-refractivity contribution < 1.29 is 4.92 Å². The average Bonchev–Trinajstić information content (AvgIpc) is 3.31. The van der Waals surface area contributed by atoms with Crippen molar-refractivity contribution in [3.8, 4) is 11.4 Å². The van der Waals surface area contributed by atoms with Crippen molar-refractivity contribution >= 4 is 11.5 Å². The number of aromatic nitrogens is 2. The van der Waals surface area contributed by atoms with E-state index in [1.807, 2.05) is 6.07 Å². The maximum atomic E-state index is 10.6. The number of hydrazine groups is 1. The molecule has 1 aliphatic rings. The number of benzene rings is 1. The number of rotatable bonds is 4. The molecule has 0 unspecified atom stereocenters. The molecule has 20 heavy (non-hydrogen) atoms. The maximum absolute atomic E-state index is 10.6. The summed E-state index contributed by atoms with van der Waals surface area (Å²) in [6.07, 6.45) is 2.25. The van der Waals surface area contributed by atoms with Gasteiger partial charge in [0.05, 0.1) is 4.92 Å². The number of non-ortho nitro benzene ring substituents is 1. The fourth-order valence-electron chi connectivity index (χ4n) is 1.99. The summed E-state index contributed by atoms with van der Waals surface area (Å²) >= 11 is 0. The fraction of sp³-hybridized carbons (Fsp3) is 0.231. The van der Waals surface area contributed by atoms with Crippen LogP contribution in [0.2, 0.25) is 0 Å². The molecule has 0 atom stereocenters. The first kappa shape index (κ1) is 12.5. The molecular formula is C13H13N5O2. The Morgan fingerprint density at radius 1 is 1.25 bits per heavy atom. The molecule has 0 bridgehead atoms. The molecule has 102 valence electrons. The van der Waals surface area contributed by atoms with Crippen molar-refractivity contribution in [2.45, 2.75) is 18.8 Å². The van der Waals surface area contributed by atoms with Gasteiger partial charge in [0.2, 0.25) is 0 Å². The molecule has 7 heteroatoms. The van der Waals surface area contributed by atoms with E-state index < -0.39 is 4.92 Å². The number of hydrogen-bond acceptors (Lipinski definition) is 6. The zero-order valence-corrected chi connectivity index (χ0v) is 10.6. The number of anilines is 1. The molecule has 1 heterocycles. The minimum absolute atomic E-state index is 0.0456. The predicted molar refractivity (Wildman–Crippen MR) is 73.9 cm³/mol. The number of nitrogens with one attached hydrogen (secondary N) is 1. The van der Waals surface area contributed by atoms with Gasteiger partial charge in [0, 0.05) is 35.4 Å². The van der Waals surface area contributed by atoms with E-state index in [-0.39, 0.29) is 5.69 Å². The second-order valence-electron chi connectivity index (χ2n) is 4.72. The van der Waals surface area contributed by atoms with E-state index in [4.69, 9.17) is 5.84 Å². The van der Waals surface area contributed by atoms with Crippen molar-refractivity contribution in [3.63, 3.8) is 0 Å². The summed E-state index contributed by atoms with van der Waals surface area (Å²) in [4.78, 5) is 19.0. The standard InChI is InChI=1S/C13H13N5O2/c14-17-12-7-11(8-1-2-8)15-13(16-12)9-3-5-10(6-4-9)18(19)20/h3-8H,1-2,14H2,(H,15,16,17). The molecule has 1 aliphatic carbocycles. The zero-order valence-electron chi connectivity index (χ0n) is 10.6. The Morgan fingerprint density at radius 2 is 1.95 bits per heavy atom. The van der Waals surface area contributed by atoms with Crippen LogP contribution in [0.1, 0.15) is 24.5 Å². The molecule has 3 rings (SSSR count). The van der Waals surface area contributed by atoms with Gasteiger partial charge in [0.1, 0.15) is 5.82 Å². The number of nitro groups is 1. The molecule has 0 saturated heterocycles. The molecule has 0 aliphatic heterocycles. The summed E-state index contributed by atoms with van der Waals surface area (Å²) in [6, 6.07) is 8.01. The van der Waals surface area contributed by atoms with E-state index in [2.05, 4.69) is 15.4 Å². The van der Waals surface area contributed by atoms with Crippen LogP contribution >= 0.6 is 0 Å². The van der Waals surface area contributed by atoms with E-state index in [9.17, 15) is 10.1 Å². The number of nitro benzene ring substituents is 1. The zero-order chi connectivity index (χ0) is 14.1. The Labute approximate surface area is 115 Å². The van der Waals surface area contributed by atoms with Gasteiger partial charge in [-0.25, -0.2) is 15.8 Å². The Balaban J connectivity index is 1.99. The second-order valence-corrected chi connectivity index (χ2v) is 4.72. The molecule has 3 N–H and O–H groups in total. The Hall–Kier alpha value is -2.54. The van der Waals surface area contributed by atoms with Gasteiger partial charge in [-0.05, 0) is 25.0 Å². The highest BCUT2D eigenvalue weighted by atomic mass is 16.6. The van der Waals surface area contributed by atoms with Crippen LogP contribution in [-0.2, 0) is 0 Å². The molecule has 0 spiro atoms. The molecule has 0 radical (unpaired) electrons. The van der Waals surface area contributed by atoms with Crippen LogP contribution in [0.15, 0.2) is 30.3 Å². The highest BCUT2D eigenvalue weighted by Crippen LogP contribution is 2.40. The summed E-state index contributed by atoms with van der Waals surface area (Å²) in [7, 11) is 0. The smallest absolute Gasteiger partial charge is 0.269 e. The molecule has 7 nitrogen and oxygen atoms in total. The Morgan fingerprint density at radius 3 is 2.50 bits per heavy atom. The van der Waals surface area contributed by atoms with Crippen molar-refractivity contribution in [2.24, 2.45) is 5.84 Å². The number of hydrogen-bond donors (Lipinski definition) is 2. The second kappa shape index (κ2) is 4.86. The highest BCUT2D eigenvalue weighted by molar-refractivity contribution is 5.59. The Kier molecular flexibility index (Phi) is 3.03. The molecule has 1 saturated carbocycles. The van der Waals surface area contributed by atoms with E-state index in [0.29, 0.717) is 17.6 Å². The van der Waals surface area contributed by atoms with Gasteiger partial charge in [-0.15, -0.1) is 0 Å². The van der Waals surface area contributed by atoms with E-state index >= 15 is 0 Å². The maximum Gasteiger partial charge on any atom is 0.269 e. The van der Waals surface area contributed by atoms with E-state index in [1.54, 1.807) is 12.1 Å². The van der Waals surface area contributed by atoms with Crippen LogP contribution in [-0.4, -0.2) is 14.9 Å². The fourth-order valence-corrected chi connectivity index (χ4v) is 1.99. The van der Waals surface area contributed by atoms with Crippen LogP contribution in [0.25, 0.3) is 11.4 Å². The van der Waals surface area contributed by atoms with Gasteiger partial charge in [-0.2, -0.15) is 0 Å². The quantitative estimate of drug-likeness (QED) is 0.501. The summed E-state index contributed by atoms with van der Waals surface area (Å²) in [6.45, 7) is 0. The van der Waals surface area contributed by atoms with Crippen molar-refractivity contribution in [1.29, 1.82) is 0 Å². The third-order valence-corrected chi connectivity index (χ3v) is 3.23. The van der Waals surface area contributed by atoms with Crippen LogP contribution in [0.5, 0.6) is 0 Å². The van der Waals surface area contributed by atoms with Gasteiger partial charge in [0.25, 0.3) is 5.69 Å². The lowest BCUT2D eigenvalue weighted by atomic mass is 10.2. The third kappa shape index (κ3) is 2.43. The van der Waals surface area contributed by atoms with Crippen LogP contribution < -0.4 is 11.3 Å². The van der Waals surface area contributed by atoms with Crippen molar-refractivity contribution in [2.75, 3.05) is 5.43 Å². The minimum atomic E-state index is -0.432. The molecule has 1 aromatic carbocycles. The van der Waals surface area contributed by atoms with E-state index in [0.717, 1.165) is 24.1 Å².